The summed E-state index contributed by atoms with van der Waals surface area (Å²) in [7, 11) is -7.61. The molecule has 8 nitrogen and oxygen atoms in total. The molecule has 0 saturated heterocycles. The summed E-state index contributed by atoms with van der Waals surface area (Å²) in [6, 6.07) is 8.93. The summed E-state index contributed by atoms with van der Waals surface area (Å²) < 4.78 is 59.5. The van der Waals surface area contributed by atoms with Crippen LogP contribution in [0, 0.1) is 20.8 Å². The van der Waals surface area contributed by atoms with E-state index in [1.807, 2.05) is 0 Å². The van der Waals surface area contributed by atoms with Gasteiger partial charge in [-0.3, -0.25) is 9.44 Å². The minimum atomic E-state index is -4.02. The van der Waals surface area contributed by atoms with Gasteiger partial charge >= 0.3 is 5.63 Å². The Labute approximate surface area is 168 Å². The van der Waals surface area contributed by atoms with Crippen LogP contribution in [0.15, 0.2) is 50.5 Å². The second-order valence-electron chi connectivity index (χ2n) is 6.83. The average molecular weight is 437 g/mol. The van der Waals surface area contributed by atoms with Gasteiger partial charge in [0.05, 0.1) is 16.8 Å². The van der Waals surface area contributed by atoms with E-state index in [1.54, 1.807) is 32.9 Å². The number of fused-ring (bicyclic) bond motifs is 1. The van der Waals surface area contributed by atoms with Crippen molar-refractivity contribution >= 4 is 42.4 Å². The summed E-state index contributed by atoms with van der Waals surface area (Å²) in [5, 5.41) is 0.557. The molecule has 2 aromatic carbocycles. The Morgan fingerprint density at radius 1 is 0.862 bits per heavy atom. The van der Waals surface area contributed by atoms with Crippen molar-refractivity contribution in [1.82, 2.24) is 0 Å². The number of sulfonamides is 2. The maximum absolute atomic E-state index is 13.1. The number of hydrogen-bond donors (Lipinski definition) is 2. The average Bonchev–Trinajstić information content (AvgIpc) is 2.57. The van der Waals surface area contributed by atoms with E-state index in [9.17, 15) is 21.6 Å². The molecule has 0 aliphatic heterocycles. The predicted octanol–water partition coefficient (Wildman–Crippen LogP) is 2.89. The van der Waals surface area contributed by atoms with Crippen LogP contribution in [0.4, 0.5) is 11.4 Å². The normalized spacial score (nSPS) is 12.1. The Kier molecular flexibility index (Phi) is 5.18. The minimum absolute atomic E-state index is 0.00561. The Bertz CT molecular complexity index is 1390. The van der Waals surface area contributed by atoms with Gasteiger partial charge in [-0.2, -0.15) is 0 Å². The van der Waals surface area contributed by atoms with Crippen LogP contribution in [0.2, 0.25) is 0 Å². The molecule has 3 rings (SSSR count). The molecule has 1 aromatic heterocycles. The lowest BCUT2D eigenvalue weighted by molar-refractivity contribution is 0.561. The van der Waals surface area contributed by atoms with Crippen molar-refractivity contribution in [2.75, 3.05) is 15.7 Å². The van der Waals surface area contributed by atoms with Crippen LogP contribution in [0.1, 0.15) is 16.7 Å². The summed E-state index contributed by atoms with van der Waals surface area (Å²) in [5.41, 5.74) is 1.75. The lowest BCUT2D eigenvalue weighted by Gasteiger charge is -2.18. The van der Waals surface area contributed by atoms with Gasteiger partial charge in [0.1, 0.15) is 5.58 Å². The van der Waals surface area contributed by atoms with Crippen molar-refractivity contribution in [3.05, 3.63) is 63.5 Å². The molecule has 10 heteroatoms. The van der Waals surface area contributed by atoms with Crippen LogP contribution >= 0.6 is 0 Å². The first-order valence-electron chi connectivity index (χ1n) is 8.53. The molecule has 0 aliphatic carbocycles. The molecule has 0 saturated carbocycles. The molecule has 0 aliphatic rings. The molecule has 0 fully saturated rings. The number of anilines is 2. The van der Waals surface area contributed by atoms with E-state index in [-0.39, 0.29) is 16.3 Å². The van der Waals surface area contributed by atoms with Crippen molar-refractivity contribution in [3.63, 3.8) is 0 Å². The highest BCUT2D eigenvalue weighted by Crippen LogP contribution is 2.32. The molecular weight excluding hydrogens is 416 g/mol. The molecule has 0 spiro atoms. The lowest BCUT2D eigenvalue weighted by Crippen LogP contribution is -2.19. The first-order chi connectivity index (χ1) is 13.4. The molecule has 29 heavy (non-hydrogen) atoms. The molecule has 0 atom stereocenters. The van der Waals surface area contributed by atoms with Crippen LogP contribution in [0.3, 0.4) is 0 Å². The van der Waals surface area contributed by atoms with E-state index in [0.717, 1.165) is 6.26 Å². The Balaban J connectivity index is 2.09. The lowest BCUT2D eigenvalue weighted by atomic mass is 10.1. The van der Waals surface area contributed by atoms with Crippen molar-refractivity contribution in [3.8, 4) is 0 Å². The summed E-state index contributed by atoms with van der Waals surface area (Å²) in [6.45, 7) is 4.90. The molecule has 0 bridgehead atoms. The smallest absolute Gasteiger partial charge is 0.336 e. The summed E-state index contributed by atoms with van der Waals surface area (Å²) >= 11 is 0. The zero-order valence-corrected chi connectivity index (χ0v) is 17.9. The second-order valence-corrected chi connectivity index (χ2v) is 10.2. The van der Waals surface area contributed by atoms with Crippen LogP contribution in [-0.2, 0) is 20.0 Å². The van der Waals surface area contributed by atoms with E-state index in [0.29, 0.717) is 27.7 Å². The topological polar surface area (TPSA) is 123 Å². The van der Waals surface area contributed by atoms with Gasteiger partial charge in [0.15, 0.2) is 0 Å². The third-order valence-corrected chi connectivity index (χ3v) is 6.57. The third kappa shape index (κ3) is 4.43. The van der Waals surface area contributed by atoms with Gasteiger partial charge in [0.2, 0.25) is 10.0 Å². The molecule has 0 radical (unpaired) electrons. The Morgan fingerprint density at radius 2 is 1.55 bits per heavy atom. The van der Waals surface area contributed by atoms with Gasteiger partial charge in [-0.1, -0.05) is 6.07 Å². The zero-order valence-electron chi connectivity index (χ0n) is 16.2. The van der Waals surface area contributed by atoms with Gasteiger partial charge in [-0.05, 0) is 61.7 Å². The summed E-state index contributed by atoms with van der Waals surface area (Å²) in [5.74, 6) is 0. The minimum Gasteiger partial charge on any atom is -0.423 e. The molecule has 154 valence electrons. The molecule has 0 unspecified atom stereocenters. The zero-order chi connectivity index (χ0) is 21.6. The highest BCUT2D eigenvalue weighted by atomic mass is 32.2. The van der Waals surface area contributed by atoms with E-state index in [2.05, 4.69) is 9.44 Å². The van der Waals surface area contributed by atoms with Gasteiger partial charge in [0.25, 0.3) is 10.0 Å². The number of aryl methyl sites for hydroxylation is 2. The van der Waals surface area contributed by atoms with Gasteiger partial charge < -0.3 is 4.42 Å². The largest absolute Gasteiger partial charge is 0.423 e. The van der Waals surface area contributed by atoms with Crippen molar-refractivity contribution < 1.29 is 21.3 Å². The molecule has 2 N–H and O–H groups in total. The van der Waals surface area contributed by atoms with E-state index in [1.165, 1.54) is 24.3 Å². The first kappa shape index (κ1) is 20.9. The molecule has 1 heterocycles. The first-order valence-corrected chi connectivity index (χ1v) is 11.9. The molecular formula is C19H20N2O6S2. The molecule has 0 amide bonds. The fourth-order valence-corrected chi connectivity index (χ4v) is 5.48. The van der Waals surface area contributed by atoms with E-state index >= 15 is 0 Å². The van der Waals surface area contributed by atoms with Gasteiger partial charge in [-0.15, -0.1) is 0 Å². The number of nitrogens with one attached hydrogen (secondary N) is 2. The third-order valence-electron chi connectivity index (χ3n) is 4.33. The number of benzene rings is 2. The summed E-state index contributed by atoms with van der Waals surface area (Å²) in [4.78, 5) is 11.3. The van der Waals surface area contributed by atoms with Crippen LogP contribution in [-0.4, -0.2) is 23.1 Å². The Hall–Kier alpha value is -2.85. The SMILES string of the molecule is Cc1cc(C)c(S(=O)(=O)Nc2ccc3oc(=O)ccc3c2)c(C)c1NS(C)(=O)=O. The second kappa shape index (κ2) is 7.20. The maximum atomic E-state index is 13.1. The monoisotopic (exact) mass is 436 g/mol. The highest BCUT2D eigenvalue weighted by Gasteiger charge is 2.24. The fraction of sp³-hybridized carbons (Fsp3) is 0.211. The quantitative estimate of drug-likeness (QED) is 0.593. The summed E-state index contributed by atoms with van der Waals surface area (Å²) in [6.07, 6.45) is 1.01. The fourth-order valence-electron chi connectivity index (χ4n) is 3.26. The predicted molar refractivity (Wildman–Crippen MR) is 112 cm³/mol. The highest BCUT2D eigenvalue weighted by molar-refractivity contribution is 7.93. The van der Waals surface area contributed by atoms with Crippen LogP contribution < -0.4 is 15.1 Å². The maximum Gasteiger partial charge on any atom is 0.336 e. The van der Waals surface area contributed by atoms with Crippen molar-refractivity contribution in [2.45, 2.75) is 25.7 Å². The standard InChI is InChI=1S/C19H20N2O6S2/c1-11-9-12(2)19(13(3)18(11)21-28(4,23)24)29(25,26)20-15-6-7-16-14(10-15)5-8-17(22)27-16/h5-10,20-21H,1-4H3. The van der Waals surface area contributed by atoms with Crippen molar-refractivity contribution in [2.24, 2.45) is 0 Å². The van der Waals surface area contributed by atoms with Crippen LogP contribution in [0.5, 0.6) is 0 Å². The van der Waals surface area contributed by atoms with Crippen LogP contribution in [0.25, 0.3) is 11.0 Å². The van der Waals surface area contributed by atoms with E-state index < -0.39 is 25.7 Å². The molecule has 3 aromatic rings. The van der Waals surface area contributed by atoms with Gasteiger partial charge in [-0.25, -0.2) is 21.6 Å². The Morgan fingerprint density at radius 3 is 2.21 bits per heavy atom. The van der Waals surface area contributed by atoms with E-state index in [4.69, 9.17) is 4.42 Å². The number of hydrogen-bond acceptors (Lipinski definition) is 6. The van der Waals surface area contributed by atoms with Gasteiger partial charge in [0, 0.05) is 17.1 Å². The van der Waals surface area contributed by atoms with Crippen molar-refractivity contribution in [1.29, 1.82) is 0 Å². The number of rotatable bonds is 5.